The number of aryl methyl sites for hydroxylation is 1. The lowest BCUT2D eigenvalue weighted by Gasteiger charge is -2.12. The monoisotopic (exact) mass is 300 g/mol. The van der Waals surface area contributed by atoms with Crippen LogP contribution in [0.5, 0.6) is 0 Å². The number of halogens is 1. The molecule has 0 aliphatic heterocycles. The largest absolute Gasteiger partial charge is 0.478 e. The van der Waals surface area contributed by atoms with Gasteiger partial charge in [-0.15, -0.1) is 0 Å². The van der Waals surface area contributed by atoms with E-state index < -0.39 is 12.1 Å². The van der Waals surface area contributed by atoms with E-state index >= 15 is 0 Å². The number of benzene rings is 2. The van der Waals surface area contributed by atoms with E-state index in [1.54, 1.807) is 25.1 Å². The Morgan fingerprint density at radius 1 is 1.14 bits per heavy atom. The Kier molecular flexibility index (Phi) is 3.32. The fourth-order valence-electron chi connectivity index (χ4n) is 2.72. The van der Waals surface area contributed by atoms with Crippen LogP contribution >= 0.6 is 11.6 Å². The lowest BCUT2D eigenvalue weighted by atomic mass is 9.95. The summed E-state index contributed by atoms with van der Waals surface area (Å²) in [6.07, 6.45) is 1.01. The standard InChI is InChI=1S/C17H13ClO3/c1-9-6-7-12(16(18)15(9)17(20)21)13-8-14(19)11-5-3-2-4-10(11)13/h2-8,14,19H,1H3,(H,20,21). The first-order valence-electron chi connectivity index (χ1n) is 6.52. The summed E-state index contributed by atoms with van der Waals surface area (Å²) in [7, 11) is 0. The van der Waals surface area contributed by atoms with Crippen LogP contribution in [0.3, 0.4) is 0 Å². The third kappa shape index (κ3) is 2.15. The lowest BCUT2D eigenvalue weighted by molar-refractivity contribution is 0.0696. The van der Waals surface area contributed by atoms with Gasteiger partial charge in [-0.2, -0.15) is 0 Å². The Morgan fingerprint density at radius 3 is 2.57 bits per heavy atom. The molecule has 0 radical (unpaired) electrons. The molecule has 0 saturated carbocycles. The molecule has 3 rings (SSSR count). The molecule has 2 N–H and O–H groups in total. The Labute approximate surface area is 127 Å². The number of aliphatic hydroxyl groups excluding tert-OH is 1. The van der Waals surface area contributed by atoms with E-state index in [1.807, 2.05) is 24.3 Å². The van der Waals surface area contributed by atoms with E-state index in [1.165, 1.54) is 0 Å². The molecule has 1 unspecified atom stereocenters. The Balaban J connectivity index is 2.22. The van der Waals surface area contributed by atoms with Crippen LogP contribution in [-0.2, 0) is 0 Å². The molecular weight excluding hydrogens is 288 g/mol. The molecule has 4 heteroatoms. The number of carbonyl (C=O) groups is 1. The minimum absolute atomic E-state index is 0.105. The second kappa shape index (κ2) is 5.02. The van der Waals surface area contributed by atoms with Crippen molar-refractivity contribution in [2.45, 2.75) is 13.0 Å². The number of hydrogen-bond donors (Lipinski definition) is 2. The molecule has 21 heavy (non-hydrogen) atoms. The van der Waals surface area contributed by atoms with Crippen molar-refractivity contribution >= 4 is 23.1 Å². The normalized spacial score (nSPS) is 16.5. The van der Waals surface area contributed by atoms with Gasteiger partial charge in [-0.3, -0.25) is 0 Å². The first-order chi connectivity index (χ1) is 10.0. The maximum Gasteiger partial charge on any atom is 0.337 e. The number of fused-ring (bicyclic) bond motifs is 1. The number of aromatic carboxylic acids is 1. The first-order valence-corrected chi connectivity index (χ1v) is 6.90. The SMILES string of the molecule is Cc1ccc(C2=CC(O)c3ccccc32)c(Cl)c1C(=O)O. The van der Waals surface area contributed by atoms with Gasteiger partial charge in [0.05, 0.1) is 16.7 Å². The van der Waals surface area contributed by atoms with Gasteiger partial charge in [0.15, 0.2) is 0 Å². The highest BCUT2D eigenvalue weighted by Gasteiger charge is 2.25. The van der Waals surface area contributed by atoms with Gasteiger partial charge in [-0.25, -0.2) is 4.79 Å². The van der Waals surface area contributed by atoms with Crippen LogP contribution in [0.25, 0.3) is 5.57 Å². The summed E-state index contributed by atoms with van der Waals surface area (Å²) >= 11 is 6.30. The van der Waals surface area contributed by atoms with Gasteiger partial charge >= 0.3 is 5.97 Å². The molecule has 2 aromatic carbocycles. The zero-order valence-corrected chi connectivity index (χ0v) is 12.1. The molecular formula is C17H13ClO3. The maximum atomic E-state index is 11.4. The highest BCUT2D eigenvalue weighted by molar-refractivity contribution is 6.35. The van der Waals surface area contributed by atoms with Crippen molar-refractivity contribution < 1.29 is 15.0 Å². The third-order valence-corrected chi connectivity index (χ3v) is 4.14. The van der Waals surface area contributed by atoms with Gasteiger partial charge < -0.3 is 10.2 Å². The molecule has 1 atom stereocenters. The molecule has 0 saturated heterocycles. The summed E-state index contributed by atoms with van der Waals surface area (Å²) in [6, 6.07) is 11.0. The molecule has 2 aromatic rings. The maximum absolute atomic E-state index is 11.4. The van der Waals surface area contributed by atoms with E-state index in [0.29, 0.717) is 11.1 Å². The molecule has 0 amide bonds. The van der Waals surface area contributed by atoms with Crippen molar-refractivity contribution in [2.24, 2.45) is 0 Å². The van der Waals surface area contributed by atoms with Gasteiger partial charge in [0, 0.05) is 5.56 Å². The highest BCUT2D eigenvalue weighted by atomic mass is 35.5. The number of carboxylic acids is 1. The van der Waals surface area contributed by atoms with E-state index in [9.17, 15) is 15.0 Å². The Morgan fingerprint density at radius 2 is 1.86 bits per heavy atom. The van der Waals surface area contributed by atoms with Crippen molar-refractivity contribution in [1.29, 1.82) is 0 Å². The van der Waals surface area contributed by atoms with Gasteiger partial charge in [0.25, 0.3) is 0 Å². The summed E-state index contributed by atoms with van der Waals surface area (Å²) in [6.45, 7) is 1.71. The fraction of sp³-hybridized carbons (Fsp3) is 0.118. The van der Waals surface area contributed by atoms with Gasteiger partial charge in [-0.05, 0) is 35.3 Å². The zero-order chi connectivity index (χ0) is 15.1. The minimum Gasteiger partial charge on any atom is -0.478 e. The molecule has 1 aliphatic rings. The molecule has 106 valence electrons. The summed E-state index contributed by atoms with van der Waals surface area (Å²) < 4.78 is 0. The van der Waals surface area contributed by atoms with E-state index in [4.69, 9.17) is 11.6 Å². The topological polar surface area (TPSA) is 57.5 Å². The van der Waals surface area contributed by atoms with Crippen LogP contribution < -0.4 is 0 Å². The number of carboxylic acid groups (broad SMARTS) is 1. The van der Waals surface area contributed by atoms with Crippen LogP contribution in [0.4, 0.5) is 0 Å². The zero-order valence-electron chi connectivity index (χ0n) is 11.3. The average Bonchev–Trinajstić information content (AvgIpc) is 2.76. The summed E-state index contributed by atoms with van der Waals surface area (Å²) in [5.74, 6) is -1.05. The molecule has 0 bridgehead atoms. The van der Waals surface area contributed by atoms with Crippen LogP contribution in [-0.4, -0.2) is 16.2 Å². The van der Waals surface area contributed by atoms with Crippen molar-refractivity contribution in [3.05, 3.63) is 75.3 Å². The van der Waals surface area contributed by atoms with E-state index in [2.05, 4.69) is 0 Å². The number of hydrogen-bond acceptors (Lipinski definition) is 2. The molecule has 0 aromatic heterocycles. The molecule has 1 aliphatic carbocycles. The van der Waals surface area contributed by atoms with Crippen LogP contribution in [0, 0.1) is 6.92 Å². The predicted octanol–water partition coefficient (Wildman–Crippen LogP) is 3.83. The summed E-state index contributed by atoms with van der Waals surface area (Å²) in [4.78, 5) is 11.4. The van der Waals surface area contributed by atoms with Crippen LogP contribution in [0.1, 0.15) is 38.7 Å². The molecule has 0 heterocycles. The second-order valence-corrected chi connectivity index (χ2v) is 5.41. The number of aliphatic hydroxyl groups is 1. The molecule has 3 nitrogen and oxygen atoms in total. The average molecular weight is 301 g/mol. The van der Waals surface area contributed by atoms with Crippen molar-refractivity contribution in [1.82, 2.24) is 0 Å². The third-order valence-electron chi connectivity index (χ3n) is 3.75. The minimum atomic E-state index is -1.05. The van der Waals surface area contributed by atoms with Crippen molar-refractivity contribution in [3.63, 3.8) is 0 Å². The first kappa shape index (κ1) is 13.9. The molecule has 0 fully saturated rings. The van der Waals surface area contributed by atoms with E-state index in [0.717, 1.165) is 16.7 Å². The summed E-state index contributed by atoms with van der Waals surface area (Å²) in [5, 5.41) is 19.6. The van der Waals surface area contributed by atoms with Gasteiger partial charge in [0.1, 0.15) is 0 Å². The Hall–Kier alpha value is -2.10. The van der Waals surface area contributed by atoms with E-state index in [-0.39, 0.29) is 10.6 Å². The van der Waals surface area contributed by atoms with Crippen LogP contribution in [0.2, 0.25) is 5.02 Å². The summed E-state index contributed by atoms with van der Waals surface area (Å²) in [5.41, 5.74) is 3.81. The van der Waals surface area contributed by atoms with Crippen molar-refractivity contribution in [2.75, 3.05) is 0 Å². The smallest absolute Gasteiger partial charge is 0.337 e. The molecule has 0 spiro atoms. The number of rotatable bonds is 2. The highest BCUT2D eigenvalue weighted by Crippen LogP contribution is 2.41. The van der Waals surface area contributed by atoms with Gasteiger partial charge in [-0.1, -0.05) is 48.0 Å². The Bertz CT molecular complexity index is 778. The van der Waals surface area contributed by atoms with Crippen molar-refractivity contribution in [3.8, 4) is 0 Å². The second-order valence-electron chi connectivity index (χ2n) is 5.04. The lowest BCUT2D eigenvalue weighted by Crippen LogP contribution is -2.03. The fourth-order valence-corrected chi connectivity index (χ4v) is 3.11. The van der Waals surface area contributed by atoms with Crippen LogP contribution in [0.15, 0.2) is 42.5 Å². The predicted molar refractivity (Wildman–Crippen MR) is 81.6 cm³/mol. The quantitative estimate of drug-likeness (QED) is 0.886. The van der Waals surface area contributed by atoms with Gasteiger partial charge in [0.2, 0.25) is 0 Å².